The molecule has 1 amide bonds. The number of nitrogens with one attached hydrogen (secondary N) is 3. The van der Waals surface area contributed by atoms with E-state index in [1.165, 1.54) is 6.92 Å². The molecule has 0 radical (unpaired) electrons. The van der Waals surface area contributed by atoms with Crippen molar-refractivity contribution in [3.8, 4) is 11.4 Å². The fourth-order valence-corrected chi connectivity index (χ4v) is 3.76. The van der Waals surface area contributed by atoms with Crippen LogP contribution >= 0.6 is 0 Å². The maximum Gasteiger partial charge on any atom is 0.272 e. The van der Waals surface area contributed by atoms with Crippen molar-refractivity contribution < 1.29 is 9.59 Å². The normalized spacial score (nSPS) is 11.0. The van der Waals surface area contributed by atoms with E-state index in [-0.39, 0.29) is 11.7 Å². The molecule has 29 heavy (non-hydrogen) atoms. The summed E-state index contributed by atoms with van der Waals surface area (Å²) < 4.78 is 0. The van der Waals surface area contributed by atoms with E-state index < -0.39 is 0 Å². The van der Waals surface area contributed by atoms with Crippen LogP contribution in [0.15, 0.2) is 48.5 Å². The van der Waals surface area contributed by atoms with Crippen LogP contribution in [-0.4, -0.2) is 26.6 Å². The standard InChI is InChI=1S/C23H22N4O2/c1-4-15-20(14(3)28)13(2)24-21(15)23(29)27-17-10-6-5-9-16(17)22-25-18-11-7-8-12-19(18)26-22/h5-12,24H,4H2,1-3H3,(H,25,26)(H,27,29). The van der Waals surface area contributed by atoms with Crippen molar-refractivity contribution in [1.82, 2.24) is 15.0 Å². The number of hydrogen-bond donors (Lipinski definition) is 3. The van der Waals surface area contributed by atoms with Crippen molar-refractivity contribution in [3.63, 3.8) is 0 Å². The molecule has 2 heterocycles. The lowest BCUT2D eigenvalue weighted by Gasteiger charge is -2.10. The number of nitrogens with zero attached hydrogens (tertiary/aromatic N) is 1. The third kappa shape index (κ3) is 3.33. The Hall–Kier alpha value is -3.67. The van der Waals surface area contributed by atoms with Gasteiger partial charge >= 0.3 is 0 Å². The molecular formula is C23H22N4O2. The van der Waals surface area contributed by atoms with Gasteiger partial charge in [0, 0.05) is 16.8 Å². The smallest absolute Gasteiger partial charge is 0.272 e. The molecule has 146 valence electrons. The molecule has 4 rings (SSSR count). The van der Waals surface area contributed by atoms with Gasteiger partial charge in [-0.05, 0) is 50.1 Å². The van der Waals surface area contributed by atoms with Crippen molar-refractivity contribution in [2.45, 2.75) is 27.2 Å². The van der Waals surface area contributed by atoms with E-state index in [9.17, 15) is 9.59 Å². The second kappa shape index (κ2) is 7.39. The second-order valence-electron chi connectivity index (χ2n) is 6.99. The summed E-state index contributed by atoms with van der Waals surface area (Å²) in [5.41, 5.74) is 5.73. The van der Waals surface area contributed by atoms with Gasteiger partial charge < -0.3 is 15.3 Å². The molecule has 0 bridgehead atoms. The molecule has 4 aromatic rings. The summed E-state index contributed by atoms with van der Waals surface area (Å²) in [6.45, 7) is 5.27. The van der Waals surface area contributed by atoms with Gasteiger partial charge in [-0.2, -0.15) is 0 Å². The van der Waals surface area contributed by atoms with E-state index in [1.807, 2.05) is 62.4 Å². The number of aromatic amines is 2. The molecule has 6 nitrogen and oxygen atoms in total. The molecule has 0 unspecified atom stereocenters. The highest BCUT2D eigenvalue weighted by atomic mass is 16.2. The van der Waals surface area contributed by atoms with Crippen LogP contribution in [0, 0.1) is 6.92 Å². The van der Waals surface area contributed by atoms with Crippen LogP contribution in [0.1, 0.15) is 46.0 Å². The van der Waals surface area contributed by atoms with Gasteiger partial charge in [0.05, 0.1) is 16.7 Å². The topological polar surface area (TPSA) is 90.6 Å². The minimum absolute atomic E-state index is 0.0441. The van der Waals surface area contributed by atoms with Crippen LogP contribution in [0.2, 0.25) is 0 Å². The first-order valence-corrected chi connectivity index (χ1v) is 9.57. The largest absolute Gasteiger partial charge is 0.354 e. The minimum atomic E-state index is -0.277. The second-order valence-corrected chi connectivity index (χ2v) is 6.99. The minimum Gasteiger partial charge on any atom is -0.354 e. The molecule has 0 aliphatic carbocycles. The molecule has 0 aliphatic rings. The zero-order chi connectivity index (χ0) is 20.5. The van der Waals surface area contributed by atoms with E-state index in [1.54, 1.807) is 0 Å². The molecule has 0 aliphatic heterocycles. The van der Waals surface area contributed by atoms with Crippen molar-refractivity contribution in [3.05, 3.63) is 71.0 Å². The number of anilines is 1. The molecule has 0 saturated carbocycles. The fourth-order valence-electron chi connectivity index (χ4n) is 3.76. The highest BCUT2D eigenvalue weighted by Gasteiger charge is 2.22. The SMILES string of the molecule is CCc1c(C(=O)Nc2ccccc2-c2nc3ccccc3[nH]2)[nH]c(C)c1C(C)=O. The number of aryl methyl sites for hydroxylation is 1. The van der Waals surface area contributed by atoms with E-state index in [0.29, 0.717) is 34.9 Å². The van der Waals surface area contributed by atoms with Crippen LogP contribution in [0.4, 0.5) is 5.69 Å². The summed E-state index contributed by atoms with van der Waals surface area (Å²) in [5, 5.41) is 2.98. The van der Waals surface area contributed by atoms with Crippen LogP contribution in [0.25, 0.3) is 22.4 Å². The molecule has 6 heteroatoms. The number of Topliss-reactive ketones (excluding diaryl/α,β-unsaturated/α-hetero) is 1. The zero-order valence-corrected chi connectivity index (χ0v) is 16.6. The monoisotopic (exact) mass is 386 g/mol. The van der Waals surface area contributed by atoms with Gasteiger partial charge in [0.1, 0.15) is 11.5 Å². The maximum atomic E-state index is 13.1. The average Bonchev–Trinajstić information content (AvgIpc) is 3.28. The molecule has 2 aromatic carbocycles. The number of carbonyl (C=O) groups is 2. The molecule has 0 saturated heterocycles. The van der Waals surface area contributed by atoms with Gasteiger partial charge in [0.25, 0.3) is 5.91 Å². The Morgan fingerprint density at radius 2 is 1.76 bits per heavy atom. The van der Waals surface area contributed by atoms with Gasteiger partial charge in [-0.3, -0.25) is 9.59 Å². The lowest BCUT2D eigenvalue weighted by molar-refractivity contribution is 0.101. The summed E-state index contributed by atoms with van der Waals surface area (Å²) in [6.07, 6.45) is 0.591. The first-order valence-electron chi connectivity index (χ1n) is 9.57. The summed E-state index contributed by atoms with van der Waals surface area (Å²) >= 11 is 0. The Labute approximate surface area is 168 Å². The van der Waals surface area contributed by atoms with Gasteiger partial charge in [-0.15, -0.1) is 0 Å². The number of ketones is 1. The Morgan fingerprint density at radius 1 is 1.03 bits per heavy atom. The average molecular weight is 386 g/mol. The predicted molar refractivity (Wildman–Crippen MR) is 114 cm³/mol. The lowest BCUT2D eigenvalue weighted by Crippen LogP contribution is -2.15. The third-order valence-electron chi connectivity index (χ3n) is 5.04. The Bertz CT molecular complexity index is 1200. The van der Waals surface area contributed by atoms with Crippen molar-refractivity contribution in [2.24, 2.45) is 0 Å². The number of para-hydroxylation sites is 3. The quantitative estimate of drug-likeness (QED) is 0.427. The molecule has 0 atom stereocenters. The van der Waals surface area contributed by atoms with Crippen LogP contribution in [0.5, 0.6) is 0 Å². The third-order valence-corrected chi connectivity index (χ3v) is 5.04. The number of carbonyl (C=O) groups excluding carboxylic acids is 2. The number of fused-ring (bicyclic) bond motifs is 1. The lowest BCUT2D eigenvalue weighted by atomic mass is 10.0. The van der Waals surface area contributed by atoms with Crippen LogP contribution < -0.4 is 5.32 Å². The van der Waals surface area contributed by atoms with Gasteiger partial charge in [0.15, 0.2) is 5.78 Å². The van der Waals surface area contributed by atoms with E-state index in [4.69, 9.17) is 0 Å². The summed E-state index contributed by atoms with van der Waals surface area (Å²) in [5.74, 6) is 0.364. The van der Waals surface area contributed by atoms with Gasteiger partial charge in [-0.25, -0.2) is 4.98 Å². The number of imidazole rings is 1. The number of rotatable bonds is 5. The zero-order valence-electron chi connectivity index (χ0n) is 16.6. The first kappa shape index (κ1) is 18.7. The van der Waals surface area contributed by atoms with Crippen LogP contribution in [-0.2, 0) is 6.42 Å². The summed E-state index contributed by atoms with van der Waals surface area (Å²) in [7, 11) is 0. The highest BCUT2D eigenvalue weighted by molar-refractivity contribution is 6.09. The van der Waals surface area contributed by atoms with Crippen molar-refractivity contribution in [1.29, 1.82) is 0 Å². The van der Waals surface area contributed by atoms with E-state index >= 15 is 0 Å². The predicted octanol–water partition coefficient (Wildman–Crippen LogP) is 4.88. The Kier molecular flexibility index (Phi) is 4.76. The number of hydrogen-bond acceptors (Lipinski definition) is 3. The highest BCUT2D eigenvalue weighted by Crippen LogP contribution is 2.29. The molecule has 0 fully saturated rings. The fraction of sp³-hybridized carbons (Fsp3) is 0.174. The number of H-pyrrole nitrogens is 2. The summed E-state index contributed by atoms with van der Waals surface area (Å²) in [6, 6.07) is 15.3. The molecule has 0 spiro atoms. The molecule has 2 aromatic heterocycles. The maximum absolute atomic E-state index is 13.1. The van der Waals surface area contributed by atoms with Gasteiger partial charge in [-0.1, -0.05) is 31.2 Å². The van der Waals surface area contributed by atoms with Crippen molar-refractivity contribution >= 4 is 28.4 Å². The van der Waals surface area contributed by atoms with Crippen molar-refractivity contribution in [2.75, 3.05) is 5.32 Å². The summed E-state index contributed by atoms with van der Waals surface area (Å²) in [4.78, 5) is 36.1. The molecule has 3 N–H and O–H groups in total. The van der Waals surface area contributed by atoms with Crippen LogP contribution in [0.3, 0.4) is 0 Å². The number of benzene rings is 2. The Morgan fingerprint density at radius 3 is 2.48 bits per heavy atom. The number of amides is 1. The first-order chi connectivity index (χ1) is 14.0. The number of aromatic nitrogens is 3. The molecular weight excluding hydrogens is 364 g/mol. The van der Waals surface area contributed by atoms with E-state index in [0.717, 1.165) is 22.2 Å². The Balaban J connectivity index is 1.72. The van der Waals surface area contributed by atoms with E-state index in [2.05, 4.69) is 20.3 Å². The van der Waals surface area contributed by atoms with Gasteiger partial charge in [0.2, 0.25) is 0 Å².